The van der Waals surface area contributed by atoms with Gasteiger partial charge in [0.2, 0.25) is 5.82 Å². The van der Waals surface area contributed by atoms with E-state index in [4.69, 9.17) is 11.1 Å². The van der Waals surface area contributed by atoms with Crippen molar-refractivity contribution in [3.8, 4) is 11.4 Å². The van der Waals surface area contributed by atoms with Gasteiger partial charge in [-0.05, 0) is 35.1 Å². The highest BCUT2D eigenvalue weighted by Crippen LogP contribution is 2.21. The molecule has 6 nitrogen and oxygen atoms in total. The maximum absolute atomic E-state index is 8.21. The Morgan fingerprint density at radius 1 is 1.18 bits per heavy atom. The van der Waals surface area contributed by atoms with Crippen molar-refractivity contribution < 1.29 is 2.85 Å². The lowest BCUT2D eigenvalue weighted by Crippen LogP contribution is -2.01. The van der Waals surface area contributed by atoms with Gasteiger partial charge in [0, 0.05) is 19.7 Å². The molecule has 0 radical (unpaired) electrons. The zero-order valence-electron chi connectivity index (χ0n) is 11.7. The van der Waals surface area contributed by atoms with Gasteiger partial charge in [0.15, 0.2) is 0 Å². The van der Waals surface area contributed by atoms with Crippen molar-refractivity contribution in [3.05, 3.63) is 65.7 Å². The highest BCUT2D eigenvalue weighted by atomic mass is 15.5. The molecule has 0 saturated heterocycles. The molecule has 3 aromatic rings. The van der Waals surface area contributed by atoms with Gasteiger partial charge in [-0.2, -0.15) is 5.21 Å². The summed E-state index contributed by atoms with van der Waals surface area (Å²) in [5.41, 5.74) is 9.26. The number of allylic oxidation sites excluding steroid dienone is 1. The molecule has 3 rings (SSSR count). The summed E-state index contributed by atoms with van der Waals surface area (Å²) in [5.74, 6) is 0.473. The molecule has 22 heavy (non-hydrogen) atoms. The number of aromatic amines is 1. The number of H-pyrrole nitrogens is 1. The Bertz CT molecular complexity index is 816. The summed E-state index contributed by atoms with van der Waals surface area (Å²) >= 11 is 0. The number of nitrogen functional groups attached to an aromatic ring is 1. The highest BCUT2D eigenvalue weighted by molar-refractivity contribution is 6.12. The van der Waals surface area contributed by atoms with Crippen molar-refractivity contribution in [1.29, 1.82) is 5.41 Å². The van der Waals surface area contributed by atoms with E-state index >= 15 is 0 Å². The van der Waals surface area contributed by atoms with Gasteiger partial charge in [-0.25, -0.2) is 0 Å². The van der Waals surface area contributed by atoms with E-state index in [0.717, 1.165) is 11.1 Å². The van der Waals surface area contributed by atoms with E-state index in [-0.39, 0.29) is 2.85 Å². The summed E-state index contributed by atoms with van der Waals surface area (Å²) in [5, 5.41) is 22.0. The summed E-state index contributed by atoms with van der Waals surface area (Å²) in [6.45, 7) is 0. The topological polar surface area (TPSA) is 104 Å². The van der Waals surface area contributed by atoms with Crippen molar-refractivity contribution in [3.63, 3.8) is 0 Å². The Kier molecular flexibility index (Phi) is 3.74. The Balaban J connectivity index is 0.00000144. The molecule has 6 heteroatoms. The van der Waals surface area contributed by atoms with E-state index in [2.05, 4.69) is 20.6 Å². The van der Waals surface area contributed by atoms with Crippen molar-refractivity contribution in [2.45, 2.75) is 0 Å². The minimum atomic E-state index is 0. The van der Waals surface area contributed by atoms with E-state index in [9.17, 15) is 0 Å². The minimum absolute atomic E-state index is 0. The SMILES string of the molecule is N=C(/C=C/c1ccccc1)c1cc(-c2nn[nH]n2)ccc1N.[HH].[HH]. The Labute approximate surface area is 130 Å². The molecule has 2 aromatic carbocycles. The van der Waals surface area contributed by atoms with Crippen LogP contribution in [-0.2, 0) is 0 Å². The number of nitrogens with two attached hydrogens (primary N) is 1. The van der Waals surface area contributed by atoms with Gasteiger partial charge in [-0.3, -0.25) is 0 Å². The molecule has 1 heterocycles. The Morgan fingerprint density at radius 3 is 2.73 bits per heavy atom. The molecule has 0 aliphatic carbocycles. The lowest BCUT2D eigenvalue weighted by Gasteiger charge is -2.06. The number of nitrogens with zero attached hydrogens (tertiary/aromatic N) is 3. The van der Waals surface area contributed by atoms with Crippen LogP contribution in [0.3, 0.4) is 0 Å². The summed E-state index contributed by atoms with van der Waals surface area (Å²) in [6, 6.07) is 15.1. The van der Waals surface area contributed by atoms with E-state index < -0.39 is 0 Å². The van der Waals surface area contributed by atoms with Crippen LogP contribution in [0.5, 0.6) is 0 Å². The van der Waals surface area contributed by atoms with Gasteiger partial charge in [-0.15, -0.1) is 10.2 Å². The number of hydrogen-bond acceptors (Lipinski definition) is 5. The summed E-state index contributed by atoms with van der Waals surface area (Å²) in [6.07, 6.45) is 3.60. The molecule has 0 spiro atoms. The van der Waals surface area contributed by atoms with Crippen LogP contribution in [0.15, 0.2) is 54.6 Å². The molecule has 0 saturated carbocycles. The largest absolute Gasteiger partial charge is 0.398 e. The number of hydrogen-bond donors (Lipinski definition) is 3. The molecule has 112 valence electrons. The van der Waals surface area contributed by atoms with Crippen molar-refractivity contribution in [2.24, 2.45) is 0 Å². The molecule has 0 atom stereocenters. The summed E-state index contributed by atoms with van der Waals surface area (Å²) < 4.78 is 0. The first-order valence-corrected chi connectivity index (χ1v) is 6.69. The van der Waals surface area contributed by atoms with Crippen LogP contribution in [0, 0.1) is 5.41 Å². The number of nitrogens with one attached hydrogen (secondary N) is 2. The molecule has 0 amide bonds. The molecule has 0 unspecified atom stereocenters. The number of rotatable bonds is 4. The third kappa shape index (κ3) is 2.90. The summed E-state index contributed by atoms with van der Waals surface area (Å²) in [4.78, 5) is 0. The van der Waals surface area contributed by atoms with Crippen molar-refractivity contribution in [2.75, 3.05) is 5.73 Å². The Morgan fingerprint density at radius 2 is 2.00 bits per heavy atom. The summed E-state index contributed by atoms with van der Waals surface area (Å²) in [7, 11) is 0. The van der Waals surface area contributed by atoms with Crippen molar-refractivity contribution in [1.82, 2.24) is 20.6 Å². The number of anilines is 1. The van der Waals surface area contributed by atoms with Gasteiger partial charge in [-0.1, -0.05) is 36.4 Å². The molecule has 0 fully saturated rings. The molecule has 1 aromatic heterocycles. The van der Waals surface area contributed by atoms with Crippen LogP contribution in [-0.4, -0.2) is 26.3 Å². The first kappa shape index (κ1) is 13.7. The second-order valence-electron chi connectivity index (χ2n) is 4.70. The number of benzene rings is 2. The standard InChI is InChI=1S/C16H14N6.2H2/c17-14(8-6-11-4-2-1-3-5-11)13-10-12(7-9-15(13)18)16-19-21-22-20-16;;/h1-10,17H,18H2,(H,19,20,21,22);2*1H/b8-6+,17-14?;;. The third-order valence-electron chi connectivity index (χ3n) is 3.19. The second-order valence-corrected chi connectivity index (χ2v) is 4.70. The number of tetrazole rings is 1. The molecule has 0 bridgehead atoms. The lowest BCUT2D eigenvalue weighted by atomic mass is 10.0. The van der Waals surface area contributed by atoms with Gasteiger partial charge >= 0.3 is 0 Å². The minimum Gasteiger partial charge on any atom is -0.398 e. The van der Waals surface area contributed by atoms with Gasteiger partial charge in [0.1, 0.15) is 0 Å². The predicted molar refractivity (Wildman–Crippen MR) is 90.6 cm³/mol. The Hall–Kier alpha value is -3.28. The van der Waals surface area contributed by atoms with Crippen LogP contribution in [0.1, 0.15) is 14.0 Å². The van der Waals surface area contributed by atoms with Gasteiger partial charge in [0.25, 0.3) is 0 Å². The highest BCUT2D eigenvalue weighted by Gasteiger charge is 2.08. The zero-order chi connectivity index (χ0) is 15.4. The average molecular weight is 294 g/mol. The fraction of sp³-hybridized carbons (Fsp3) is 0. The van der Waals surface area contributed by atoms with Crippen LogP contribution in [0.4, 0.5) is 5.69 Å². The van der Waals surface area contributed by atoms with Crippen LogP contribution in [0.25, 0.3) is 17.5 Å². The van der Waals surface area contributed by atoms with Crippen LogP contribution in [0.2, 0.25) is 0 Å². The fourth-order valence-electron chi connectivity index (χ4n) is 2.05. The third-order valence-corrected chi connectivity index (χ3v) is 3.19. The van der Waals surface area contributed by atoms with Crippen LogP contribution < -0.4 is 5.73 Å². The first-order valence-electron chi connectivity index (χ1n) is 6.69. The quantitative estimate of drug-likeness (QED) is 0.508. The fourth-order valence-corrected chi connectivity index (χ4v) is 2.05. The molecule has 0 aliphatic heterocycles. The molecule has 4 N–H and O–H groups in total. The normalized spacial score (nSPS) is 10.9. The maximum atomic E-state index is 8.21. The van der Waals surface area contributed by atoms with E-state index in [0.29, 0.717) is 22.8 Å². The zero-order valence-corrected chi connectivity index (χ0v) is 11.7. The lowest BCUT2D eigenvalue weighted by molar-refractivity contribution is 0.881. The van der Waals surface area contributed by atoms with Gasteiger partial charge < -0.3 is 11.1 Å². The molecular weight excluding hydrogens is 276 g/mol. The monoisotopic (exact) mass is 294 g/mol. The van der Waals surface area contributed by atoms with E-state index in [1.54, 1.807) is 24.3 Å². The number of aromatic nitrogens is 4. The van der Waals surface area contributed by atoms with E-state index in [1.165, 1.54) is 0 Å². The van der Waals surface area contributed by atoms with E-state index in [1.807, 2.05) is 36.4 Å². The predicted octanol–water partition coefficient (Wildman–Crippen LogP) is 3.02. The second kappa shape index (κ2) is 6.01. The molecular formula is C16H18N6. The first-order chi connectivity index (χ1) is 10.7. The van der Waals surface area contributed by atoms with Crippen LogP contribution >= 0.6 is 0 Å². The van der Waals surface area contributed by atoms with Gasteiger partial charge in [0.05, 0.1) is 5.71 Å². The maximum Gasteiger partial charge on any atom is 0.204 e. The van der Waals surface area contributed by atoms with Crippen molar-refractivity contribution >= 4 is 17.5 Å². The molecule has 0 aliphatic rings. The smallest absolute Gasteiger partial charge is 0.204 e. The average Bonchev–Trinajstić information content (AvgIpc) is 3.08.